The van der Waals surface area contributed by atoms with Crippen LogP contribution in [0.2, 0.25) is 0 Å². The quantitative estimate of drug-likeness (QED) is 0.0471. The lowest BCUT2D eigenvalue weighted by atomic mass is 9.90. The molecule has 0 N–H and O–H groups in total. The molecule has 246 valence electrons. The molecule has 1 unspecified atom stereocenters. The number of carbonyl (C=O) groups excluding carboxylic acids is 2. The van der Waals surface area contributed by atoms with E-state index in [1.807, 2.05) is 36.4 Å². The second-order valence-corrected chi connectivity index (χ2v) is 11.1. The molecule has 0 radical (unpaired) electrons. The summed E-state index contributed by atoms with van der Waals surface area (Å²) in [6, 6.07) is 21.3. The first-order valence-corrected chi connectivity index (χ1v) is 15.4. The van der Waals surface area contributed by atoms with Crippen LogP contribution >= 0.6 is 0 Å². The summed E-state index contributed by atoms with van der Waals surface area (Å²) in [7, 11) is 0. The predicted octanol–water partition coefficient (Wildman–Crippen LogP) is 6.17. The summed E-state index contributed by atoms with van der Waals surface area (Å²) in [5.41, 5.74) is 1.39. The van der Waals surface area contributed by atoms with Gasteiger partial charge in [-0.05, 0) is 66.2 Å². The van der Waals surface area contributed by atoms with Crippen LogP contribution in [-0.2, 0) is 30.3 Å². The first-order valence-electron chi connectivity index (χ1n) is 15.4. The normalized spacial score (nSPS) is 14.0. The van der Waals surface area contributed by atoms with Crippen LogP contribution in [0.1, 0.15) is 42.6 Å². The summed E-state index contributed by atoms with van der Waals surface area (Å²) in [6.07, 6.45) is 2.56. The van der Waals surface area contributed by atoms with Crippen LogP contribution in [0.15, 0.2) is 85.5 Å². The van der Waals surface area contributed by atoms with E-state index >= 15 is 0 Å². The van der Waals surface area contributed by atoms with Crippen molar-refractivity contribution in [3.05, 3.63) is 96.6 Å². The molecule has 3 aromatic rings. The van der Waals surface area contributed by atoms with E-state index < -0.39 is 11.9 Å². The Kier molecular flexibility index (Phi) is 13.5. The number of hydrogen-bond acceptors (Lipinski definition) is 10. The van der Waals surface area contributed by atoms with E-state index in [2.05, 4.69) is 20.4 Å². The summed E-state index contributed by atoms with van der Waals surface area (Å²) < 4.78 is 44.6. The maximum Gasteiger partial charge on any atom is 0.343 e. The van der Waals surface area contributed by atoms with Gasteiger partial charge >= 0.3 is 11.9 Å². The average Bonchev–Trinajstić information content (AvgIpc) is 3.06. The Morgan fingerprint density at radius 1 is 0.848 bits per heavy atom. The Morgan fingerprint density at radius 3 is 2.13 bits per heavy atom. The predicted molar refractivity (Wildman–Crippen MR) is 170 cm³/mol. The van der Waals surface area contributed by atoms with E-state index in [1.54, 1.807) is 36.4 Å². The van der Waals surface area contributed by atoms with Gasteiger partial charge in [0.25, 0.3) is 0 Å². The highest BCUT2D eigenvalue weighted by Gasteiger charge is 2.34. The lowest BCUT2D eigenvalue weighted by molar-refractivity contribution is -0.179. The molecular weight excluding hydrogens is 592 g/mol. The maximum atomic E-state index is 12.6. The third-order valence-corrected chi connectivity index (χ3v) is 6.90. The lowest BCUT2D eigenvalue weighted by Crippen LogP contribution is -2.44. The molecule has 1 heterocycles. The second-order valence-electron chi connectivity index (χ2n) is 11.1. The molecule has 4 rings (SSSR count). The van der Waals surface area contributed by atoms with Crippen molar-refractivity contribution in [2.45, 2.75) is 39.6 Å². The van der Waals surface area contributed by atoms with Crippen LogP contribution in [0.25, 0.3) is 0 Å². The number of benzene rings is 3. The molecule has 10 nitrogen and oxygen atoms in total. The first-order chi connectivity index (χ1) is 22.4. The molecule has 0 aliphatic carbocycles. The summed E-state index contributed by atoms with van der Waals surface area (Å²) in [4.78, 5) is 23.6. The van der Waals surface area contributed by atoms with Crippen LogP contribution in [0.3, 0.4) is 0 Å². The van der Waals surface area contributed by atoms with Crippen LogP contribution in [0.4, 0.5) is 0 Å². The first kappa shape index (κ1) is 34.5. The Hall–Kier alpha value is -4.38. The minimum atomic E-state index is -0.488. The van der Waals surface area contributed by atoms with Crippen LogP contribution < -0.4 is 18.9 Å². The van der Waals surface area contributed by atoms with Gasteiger partial charge in [-0.15, -0.1) is 0 Å². The van der Waals surface area contributed by atoms with Crippen LogP contribution in [0, 0.1) is 5.41 Å². The highest BCUT2D eigenvalue weighted by molar-refractivity contribution is 5.91. The molecule has 10 heteroatoms. The van der Waals surface area contributed by atoms with Crippen molar-refractivity contribution in [3.63, 3.8) is 0 Å². The van der Waals surface area contributed by atoms with Crippen molar-refractivity contribution in [2.24, 2.45) is 5.41 Å². The monoisotopic (exact) mass is 634 g/mol. The SMILES string of the molecule is C=CC(=O)OCCOCCOc1ccc(C(=O)Oc2ccc(COc3ccc(OC(CCC)OCC4(C)COC4)cc3)cc2)cc1. The van der Waals surface area contributed by atoms with Crippen molar-refractivity contribution in [1.82, 2.24) is 0 Å². The van der Waals surface area contributed by atoms with Gasteiger partial charge in [-0.2, -0.15) is 0 Å². The minimum absolute atomic E-state index is 0.0705. The number of rotatable bonds is 20. The fourth-order valence-electron chi connectivity index (χ4n) is 4.26. The van der Waals surface area contributed by atoms with Gasteiger partial charge in [-0.25, -0.2) is 9.59 Å². The average molecular weight is 635 g/mol. The standard InChI is InChI=1S/C36H42O10/c1-4-6-34(44-26-36(3)24-40-25-36)45-31-17-15-30(16-18-31)43-23-27-7-11-32(12-8-27)46-35(38)28-9-13-29(14-10-28)41-21-19-39-20-22-42-33(37)5-2/h5,7-18,34H,2,4,6,19-26H2,1,3H3. The van der Waals surface area contributed by atoms with Crippen molar-refractivity contribution in [2.75, 3.05) is 46.2 Å². The molecule has 1 aliphatic heterocycles. The Labute approximate surface area is 270 Å². The van der Waals surface area contributed by atoms with Gasteiger partial charge in [0, 0.05) is 17.9 Å². The molecule has 1 aliphatic rings. The van der Waals surface area contributed by atoms with E-state index in [0.29, 0.717) is 49.2 Å². The molecule has 1 fully saturated rings. The van der Waals surface area contributed by atoms with Gasteiger partial charge < -0.3 is 37.9 Å². The minimum Gasteiger partial charge on any atom is -0.491 e. The molecule has 0 amide bonds. The van der Waals surface area contributed by atoms with Gasteiger partial charge in [-0.3, -0.25) is 0 Å². The van der Waals surface area contributed by atoms with Gasteiger partial charge in [0.15, 0.2) is 6.29 Å². The highest BCUT2D eigenvalue weighted by Crippen LogP contribution is 2.28. The summed E-state index contributed by atoms with van der Waals surface area (Å²) in [5, 5.41) is 0. The molecule has 3 aromatic carbocycles. The smallest absolute Gasteiger partial charge is 0.343 e. The summed E-state index contributed by atoms with van der Waals surface area (Å²) in [6.45, 7) is 11.0. The maximum absolute atomic E-state index is 12.6. The largest absolute Gasteiger partial charge is 0.491 e. The van der Waals surface area contributed by atoms with E-state index in [-0.39, 0.29) is 24.9 Å². The zero-order valence-electron chi connectivity index (χ0n) is 26.4. The number of ether oxygens (including phenoxy) is 8. The topological polar surface area (TPSA) is 108 Å². The summed E-state index contributed by atoms with van der Waals surface area (Å²) in [5.74, 6) is 1.48. The van der Waals surface area contributed by atoms with E-state index in [0.717, 1.165) is 43.4 Å². The number of hydrogen-bond donors (Lipinski definition) is 0. The highest BCUT2D eigenvalue weighted by atomic mass is 16.7. The van der Waals surface area contributed by atoms with Crippen molar-refractivity contribution in [1.29, 1.82) is 0 Å². The Morgan fingerprint density at radius 2 is 1.48 bits per heavy atom. The fraction of sp³-hybridized carbons (Fsp3) is 0.389. The fourth-order valence-corrected chi connectivity index (χ4v) is 4.26. The van der Waals surface area contributed by atoms with Crippen molar-refractivity contribution in [3.8, 4) is 23.0 Å². The Balaban J connectivity index is 1.14. The zero-order chi connectivity index (χ0) is 32.6. The van der Waals surface area contributed by atoms with Gasteiger partial charge in [0.1, 0.15) is 42.8 Å². The molecule has 0 bridgehead atoms. The third-order valence-electron chi connectivity index (χ3n) is 6.90. The Bertz CT molecular complexity index is 1370. The van der Waals surface area contributed by atoms with Crippen LogP contribution in [-0.4, -0.2) is 64.5 Å². The van der Waals surface area contributed by atoms with Gasteiger partial charge in [-0.1, -0.05) is 39.0 Å². The lowest BCUT2D eigenvalue weighted by Gasteiger charge is -2.38. The zero-order valence-corrected chi connectivity index (χ0v) is 26.4. The van der Waals surface area contributed by atoms with Crippen LogP contribution in [0.5, 0.6) is 23.0 Å². The molecule has 46 heavy (non-hydrogen) atoms. The van der Waals surface area contributed by atoms with Crippen molar-refractivity contribution < 1.29 is 47.5 Å². The second kappa shape index (κ2) is 17.9. The van der Waals surface area contributed by atoms with Gasteiger partial charge in [0.05, 0.1) is 38.6 Å². The molecular formula is C36H42O10. The number of esters is 2. The molecule has 0 aromatic heterocycles. The third kappa shape index (κ3) is 11.5. The van der Waals surface area contributed by atoms with E-state index in [4.69, 9.17) is 37.9 Å². The molecule has 1 saturated heterocycles. The van der Waals surface area contributed by atoms with E-state index in [9.17, 15) is 9.59 Å². The number of carbonyl (C=O) groups is 2. The van der Waals surface area contributed by atoms with Crippen molar-refractivity contribution >= 4 is 11.9 Å². The molecule has 1 atom stereocenters. The van der Waals surface area contributed by atoms with Gasteiger partial charge in [0.2, 0.25) is 0 Å². The molecule has 0 saturated carbocycles. The summed E-state index contributed by atoms with van der Waals surface area (Å²) >= 11 is 0. The van der Waals surface area contributed by atoms with E-state index in [1.165, 1.54) is 0 Å². The molecule has 0 spiro atoms.